The average Bonchev–Trinajstić information content (AvgIpc) is 2.82. The number of hydrogen-bond donors (Lipinski definition) is 0. The van der Waals surface area contributed by atoms with Crippen molar-refractivity contribution in [1.29, 1.82) is 0 Å². The second-order valence-corrected chi connectivity index (χ2v) is 3.33. The van der Waals surface area contributed by atoms with Gasteiger partial charge in [-0.25, -0.2) is 4.79 Å². The number of nitrogens with zero attached hydrogens (tertiary/aromatic N) is 2. The van der Waals surface area contributed by atoms with Gasteiger partial charge in [-0.2, -0.15) is 5.10 Å². The minimum atomic E-state index is -0.307. The van der Waals surface area contributed by atoms with Crippen LogP contribution in [0.1, 0.15) is 23.3 Å². The number of hydrogen-bond acceptors (Lipinski definition) is 3. The second kappa shape index (κ2) is 3.20. The van der Waals surface area contributed by atoms with Gasteiger partial charge >= 0.3 is 5.97 Å². The van der Waals surface area contributed by atoms with Gasteiger partial charge in [-0.1, -0.05) is 0 Å². The molecule has 0 bridgehead atoms. The lowest BCUT2D eigenvalue weighted by Crippen LogP contribution is -2.12. The largest absolute Gasteiger partial charge is 0.464 e. The Kier molecular flexibility index (Phi) is 2.04. The van der Waals surface area contributed by atoms with E-state index in [1.165, 1.54) is 20.0 Å². The lowest BCUT2D eigenvalue weighted by molar-refractivity contribution is 0.0586. The molecule has 1 fully saturated rings. The Morgan fingerprint density at radius 2 is 2.54 bits per heavy atom. The molecule has 1 aromatic heterocycles. The summed E-state index contributed by atoms with van der Waals surface area (Å²) >= 11 is 0. The van der Waals surface area contributed by atoms with Gasteiger partial charge in [-0.05, 0) is 24.8 Å². The van der Waals surface area contributed by atoms with E-state index in [4.69, 9.17) is 0 Å². The van der Waals surface area contributed by atoms with Crippen LogP contribution in [0, 0.1) is 5.92 Å². The zero-order valence-corrected chi connectivity index (χ0v) is 7.56. The highest BCUT2D eigenvalue weighted by atomic mass is 16.5. The highest BCUT2D eigenvalue weighted by Crippen LogP contribution is 2.30. The molecule has 0 aromatic carbocycles. The van der Waals surface area contributed by atoms with Crippen LogP contribution in [0.4, 0.5) is 0 Å². The first kappa shape index (κ1) is 8.29. The summed E-state index contributed by atoms with van der Waals surface area (Å²) in [7, 11) is 1.39. The first-order valence-electron chi connectivity index (χ1n) is 4.41. The van der Waals surface area contributed by atoms with Crippen molar-refractivity contribution in [3.63, 3.8) is 0 Å². The van der Waals surface area contributed by atoms with Crippen LogP contribution in [0.3, 0.4) is 0 Å². The van der Waals surface area contributed by atoms with Crippen molar-refractivity contribution < 1.29 is 9.53 Å². The molecule has 0 amide bonds. The summed E-state index contributed by atoms with van der Waals surface area (Å²) in [6.07, 6.45) is 4.13. The first-order chi connectivity index (χ1) is 6.31. The maximum absolute atomic E-state index is 11.2. The molecule has 4 heteroatoms. The molecular formula is C9H12N2O2. The van der Waals surface area contributed by atoms with E-state index in [0.717, 1.165) is 6.54 Å². The lowest BCUT2D eigenvalue weighted by Gasteiger charge is -2.03. The molecule has 0 N–H and O–H groups in total. The number of rotatable bonds is 3. The van der Waals surface area contributed by atoms with Crippen LogP contribution in [-0.2, 0) is 11.3 Å². The van der Waals surface area contributed by atoms with Crippen molar-refractivity contribution in [2.45, 2.75) is 19.4 Å². The molecule has 1 aliphatic rings. The summed E-state index contributed by atoms with van der Waals surface area (Å²) in [5.41, 5.74) is 0.550. The van der Waals surface area contributed by atoms with E-state index < -0.39 is 0 Å². The quantitative estimate of drug-likeness (QED) is 0.654. The smallest absolute Gasteiger partial charge is 0.356 e. The Balaban J connectivity index is 2.14. The van der Waals surface area contributed by atoms with Gasteiger partial charge in [-0.15, -0.1) is 0 Å². The summed E-state index contributed by atoms with van der Waals surface area (Å²) in [4.78, 5) is 11.2. The summed E-state index contributed by atoms with van der Waals surface area (Å²) in [5, 5.41) is 4.08. The maximum Gasteiger partial charge on any atom is 0.356 e. The highest BCUT2D eigenvalue weighted by molar-refractivity contribution is 5.87. The summed E-state index contributed by atoms with van der Waals surface area (Å²) in [6.45, 7) is 0.845. The molecule has 1 heterocycles. The van der Waals surface area contributed by atoms with Crippen molar-refractivity contribution in [2.75, 3.05) is 7.11 Å². The van der Waals surface area contributed by atoms with Crippen molar-refractivity contribution >= 4 is 5.97 Å². The van der Waals surface area contributed by atoms with Crippen molar-refractivity contribution in [1.82, 2.24) is 9.78 Å². The van der Waals surface area contributed by atoms with Crippen LogP contribution < -0.4 is 0 Å². The van der Waals surface area contributed by atoms with E-state index >= 15 is 0 Å². The number of carbonyl (C=O) groups is 1. The van der Waals surface area contributed by atoms with E-state index in [9.17, 15) is 4.79 Å². The van der Waals surface area contributed by atoms with Crippen LogP contribution in [0.5, 0.6) is 0 Å². The van der Waals surface area contributed by atoms with Gasteiger partial charge in [0.1, 0.15) is 5.69 Å². The van der Waals surface area contributed by atoms with Crippen LogP contribution in [0.25, 0.3) is 0 Å². The standard InChI is InChI=1S/C9H12N2O2/c1-13-9(12)8-4-5-10-11(8)6-7-2-3-7/h4-5,7H,2-3,6H2,1H3. The normalized spacial score (nSPS) is 15.8. The molecular weight excluding hydrogens is 168 g/mol. The summed E-state index contributed by atoms with van der Waals surface area (Å²) < 4.78 is 6.36. The molecule has 0 saturated heterocycles. The van der Waals surface area contributed by atoms with E-state index in [0.29, 0.717) is 11.6 Å². The fourth-order valence-corrected chi connectivity index (χ4v) is 1.30. The molecule has 2 rings (SSSR count). The number of carbonyl (C=O) groups excluding carboxylic acids is 1. The monoisotopic (exact) mass is 180 g/mol. The molecule has 13 heavy (non-hydrogen) atoms. The van der Waals surface area contributed by atoms with Gasteiger partial charge in [0.25, 0.3) is 0 Å². The third kappa shape index (κ3) is 1.71. The Bertz CT molecular complexity index is 315. The van der Waals surface area contributed by atoms with E-state index in [1.807, 2.05) is 0 Å². The second-order valence-electron chi connectivity index (χ2n) is 3.33. The Labute approximate surface area is 76.5 Å². The molecule has 0 spiro atoms. The predicted molar refractivity (Wildman–Crippen MR) is 46.3 cm³/mol. The maximum atomic E-state index is 11.2. The molecule has 70 valence electrons. The van der Waals surface area contributed by atoms with Crippen LogP contribution in [0.2, 0.25) is 0 Å². The Morgan fingerprint density at radius 1 is 1.77 bits per heavy atom. The number of esters is 1. The number of aromatic nitrogens is 2. The van der Waals surface area contributed by atoms with E-state index in [2.05, 4.69) is 9.84 Å². The fourth-order valence-electron chi connectivity index (χ4n) is 1.30. The molecule has 1 aromatic rings. The Hall–Kier alpha value is -1.32. The molecule has 0 atom stereocenters. The first-order valence-corrected chi connectivity index (χ1v) is 4.41. The molecule has 0 radical (unpaired) electrons. The summed E-state index contributed by atoms with van der Waals surface area (Å²) in [5.74, 6) is 0.404. The minimum Gasteiger partial charge on any atom is -0.464 e. The lowest BCUT2D eigenvalue weighted by atomic mass is 10.4. The highest BCUT2D eigenvalue weighted by Gasteiger charge is 2.24. The molecule has 1 aliphatic carbocycles. The van der Waals surface area contributed by atoms with E-state index in [-0.39, 0.29) is 5.97 Å². The minimum absolute atomic E-state index is 0.307. The van der Waals surface area contributed by atoms with Crippen molar-refractivity contribution in [3.8, 4) is 0 Å². The number of methoxy groups -OCH3 is 1. The van der Waals surface area contributed by atoms with Crippen LogP contribution in [0.15, 0.2) is 12.3 Å². The van der Waals surface area contributed by atoms with Gasteiger partial charge in [-0.3, -0.25) is 4.68 Å². The van der Waals surface area contributed by atoms with Gasteiger partial charge in [0, 0.05) is 12.7 Å². The molecule has 1 saturated carbocycles. The van der Waals surface area contributed by atoms with Crippen LogP contribution in [-0.4, -0.2) is 22.9 Å². The SMILES string of the molecule is COC(=O)c1ccnn1CC1CC1. The topological polar surface area (TPSA) is 44.1 Å². The predicted octanol–water partition coefficient (Wildman–Crippen LogP) is 1.08. The van der Waals surface area contributed by atoms with Gasteiger partial charge in [0.15, 0.2) is 0 Å². The summed E-state index contributed by atoms with van der Waals surface area (Å²) in [6, 6.07) is 1.69. The van der Waals surface area contributed by atoms with Gasteiger partial charge in [0.05, 0.1) is 7.11 Å². The zero-order chi connectivity index (χ0) is 9.26. The third-order valence-electron chi connectivity index (χ3n) is 2.24. The van der Waals surface area contributed by atoms with Crippen molar-refractivity contribution in [3.05, 3.63) is 18.0 Å². The fraction of sp³-hybridized carbons (Fsp3) is 0.556. The molecule has 4 nitrogen and oxygen atoms in total. The molecule has 0 unspecified atom stereocenters. The molecule has 0 aliphatic heterocycles. The Morgan fingerprint density at radius 3 is 3.15 bits per heavy atom. The number of ether oxygens (including phenoxy) is 1. The van der Waals surface area contributed by atoms with Crippen LogP contribution >= 0.6 is 0 Å². The average molecular weight is 180 g/mol. The van der Waals surface area contributed by atoms with E-state index in [1.54, 1.807) is 16.9 Å². The van der Waals surface area contributed by atoms with Crippen molar-refractivity contribution in [2.24, 2.45) is 5.92 Å². The third-order valence-corrected chi connectivity index (χ3v) is 2.24. The zero-order valence-electron chi connectivity index (χ0n) is 7.56. The van der Waals surface area contributed by atoms with Gasteiger partial charge in [0.2, 0.25) is 0 Å². The van der Waals surface area contributed by atoms with Gasteiger partial charge < -0.3 is 4.74 Å².